The van der Waals surface area contributed by atoms with Crippen LogP contribution in [0.1, 0.15) is 12.5 Å². The molecule has 1 aliphatic rings. The van der Waals surface area contributed by atoms with Crippen LogP contribution in [-0.2, 0) is 20.8 Å². The van der Waals surface area contributed by atoms with E-state index in [1.807, 2.05) is 6.92 Å². The molecule has 1 aromatic carbocycles. The van der Waals surface area contributed by atoms with Crippen LogP contribution < -0.4 is 10.6 Å². The second kappa shape index (κ2) is 8.07. The lowest BCUT2D eigenvalue weighted by atomic mass is 10.2. The molecule has 0 bridgehead atoms. The predicted octanol–water partition coefficient (Wildman–Crippen LogP) is 0.835. The Morgan fingerprint density at radius 3 is 3.00 bits per heavy atom. The van der Waals surface area contributed by atoms with Gasteiger partial charge in [-0.15, -0.1) is 0 Å². The molecule has 0 saturated carbocycles. The van der Waals surface area contributed by atoms with Gasteiger partial charge >= 0.3 is 0 Å². The van der Waals surface area contributed by atoms with Gasteiger partial charge in [0.2, 0.25) is 5.91 Å². The van der Waals surface area contributed by atoms with Crippen molar-refractivity contribution >= 4 is 5.91 Å². The zero-order valence-electron chi connectivity index (χ0n) is 12.1. The standard InChI is InChI=1S/C15H21FN2O3/c1-2-21-14-10-20-9-13(14)17-8-15(19)18-7-11-5-3-4-6-12(11)16/h3-6,13-14,17H,2,7-10H2,1H3,(H,18,19)/t13-,14-/m1/s1. The van der Waals surface area contributed by atoms with Crippen LogP contribution in [0.2, 0.25) is 0 Å². The van der Waals surface area contributed by atoms with Crippen molar-refractivity contribution in [2.75, 3.05) is 26.4 Å². The van der Waals surface area contributed by atoms with Gasteiger partial charge < -0.3 is 20.1 Å². The van der Waals surface area contributed by atoms with Crippen LogP contribution in [0, 0.1) is 5.82 Å². The van der Waals surface area contributed by atoms with Gasteiger partial charge in [0, 0.05) is 18.7 Å². The van der Waals surface area contributed by atoms with Crippen LogP contribution in [0.15, 0.2) is 24.3 Å². The molecule has 21 heavy (non-hydrogen) atoms. The number of halogens is 1. The largest absolute Gasteiger partial charge is 0.377 e. The fraction of sp³-hybridized carbons (Fsp3) is 0.533. The molecule has 116 valence electrons. The minimum absolute atomic E-state index is 0.0177. The molecule has 0 aliphatic carbocycles. The first-order valence-corrected chi connectivity index (χ1v) is 7.13. The van der Waals surface area contributed by atoms with Crippen molar-refractivity contribution in [1.29, 1.82) is 0 Å². The minimum Gasteiger partial charge on any atom is -0.377 e. The van der Waals surface area contributed by atoms with Crippen molar-refractivity contribution < 1.29 is 18.7 Å². The fourth-order valence-corrected chi connectivity index (χ4v) is 2.23. The molecule has 0 aromatic heterocycles. The Morgan fingerprint density at radius 2 is 2.24 bits per heavy atom. The highest BCUT2D eigenvalue weighted by atomic mass is 19.1. The monoisotopic (exact) mass is 296 g/mol. The van der Waals surface area contributed by atoms with Crippen molar-refractivity contribution in [3.63, 3.8) is 0 Å². The summed E-state index contributed by atoms with van der Waals surface area (Å²) >= 11 is 0. The average molecular weight is 296 g/mol. The summed E-state index contributed by atoms with van der Waals surface area (Å²) < 4.78 is 24.3. The summed E-state index contributed by atoms with van der Waals surface area (Å²) in [5, 5.41) is 5.80. The number of amides is 1. The number of nitrogens with one attached hydrogen (secondary N) is 2. The van der Waals surface area contributed by atoms with Crippen LogP contribution >= 0.6 is 0 Å². The van der Waals surface area contributed by atoms with Gasteiger partial charge in [0.1, 0.15) is 5.82 Å². The maximum absolute atomic E-state index is 13.4. The van der Waals surface area contributed by atoms with Gasteiger partial charge in [-0.25, -0.2) is 4.39 Å². The summed E-state index contributed by atoms with van der Waals surface area (Å²) in [6.45, 7) is 3.96. The van der Waals surface area contributed by atoms with Crippen molar-refractivity contribution in [2.24, 2.45) is 0 Å². The number of benzene rings is 1. The summed E-state index contributed by atoms with van der Waals surface area (Å²) in [6.07, 6.45) is -0.0191. The van der Waals surface area contributed by atoms with Crippen LogP contribution in [0.4, 0.5) is 4.39 Å². The fourth-order valence-electron chi connectivity index (χ4n) is 2.23. The SMILES string of the molecule is CCO[C@@H]1COC[C@H]1NCC(=O)NCc1ccccc1F. The average Bonchev–Trinajstić information content (AvgIpc) is 2.92. The maximum Gasteiger partial charge on any atom is 0.234 e. The summed E-state index contributed by atoms with van der Waals surface area (Å²) in [5.74, 6) is -0.494. The zero-order valence-corrected chi connectivity index (χ0v) is 12.1. The van der Waals surface area contributed by atoms with Gasteiger partial charge in [0.05, 0.1) is 31.9 Å². The third-order valence-corrected chi connectivity index (χ3v) is 3.37. The van der Waals surface area contributed by atoms with Crippen LogP contribution in [0.3, 0.4) is 0 Å². The lowest BCUT2D eigenvalue weighted by molar-refractivity contribution is -0.120. The molecule has 1 amide bonds. The molecule has 0 spiro atoms. The molecule has 1 aromatic rings. The molecule has 0 radical (unpaired) electrons. The molecule has 2 N–H and O–H groups in total. The lowest BCUT2D eigenvalue weighted by Crippen LogP contribution is -2.45. The van der Waals surface area contributed by atoms with E-state index in [9.17, 15) is 9.18 Å². The maximum atomic E-state index is 13.4. The number of hydrogen-bond acceptors (Lipinski definition) is 4. The first-order valence-electron chi connectivity index (χ1n) is 7.13. The van der Waals surface area contributed by atoms with E-state index in [0.29, 0.717) is 25.4 Å². The number of carbonyl (C=O) groups is 1. The normalized spacial score (nSPS) is 21.4. The molecule has 6 heteroatoms. The lowest BCUT2D eigenvalue weighted by Gasteiger charge is -2.18. The number of carbonyl (C=O) groups excluding carboxylic acids is 1. The van der Waals surface area contributed by atoms with Crippen molar-refractivity contribution in [2.45, 2.75) is 25.6 Å². The van der Waals surface area contributed by atoms with Gasteiger partial charge in [-0.05, 0) is 13.0 Å². The first-order chi connectivity index (χ1) is 10.2. The Kier molecular flexibility index (Phi) is 6.10. The Balaban J connectivity index is 1.71. The Labute approximate surface area is 123 Å². The van der Waals surface area contributed by atoms with E-state index in [0.717, 1.165) is 0 Å². The smallest absolute Gasteiger partial charge is 0.234 e. The van der Waals surface area contributed by atoms with Gasteiger partial charge in [-0.1, -0.05) is 18.2 Å². The van der Waals surface area contributed by atoms with E-state index >= 15 is 0 Å². The highest BCUT2D eigenvalue weighted by Crippen LogP contribution is 2.09. The minimum atomic E-state index is -0.314. The highest BCUT2D eigenvalue weighted by Gasteiger charge is 2.28. The molecular weight excluding hydrogens is 275 g/mol. The van der Waals surface area contributed by atoms with E-state index in [1.54, 1.807) is 18.2 Å². The van der Waals surface area contributed by atoms with Gasteiger partial charge in [0.25, 0.3) is 0 Å². The summed E-state index contributed by atoms with van der Waals surface area (Å²) in [5.41, 5.74) is 0.474. The molecule has 1 heterocycles. The van der Waals surface area contributed by atoms with Crippen molar-refractivity contribution in [3.05, 3.63) is 35.6 Å². The second-order valence-corrected chi connectivity index (χ2v) is 4.89. The molecule has 0 unspecified atom stereocenters. The Bertz CT molecular complexity index is 470. The van der Waals surface area contributed by atoms with Crippen LogP contribution in [0.25, 0.3) is 0 Å². The number of hydrogen-bond donors (Lipinski definition) is 2. The predicted molar refractivity (Wildman–Crippen MR) is 76.3 cm³/mol. The van der Waals surface area contributed by atoms with E-state index in [1.165, 1.54) is 6.07 Å². The summed E-state index contributed by atoms with van der Waals surface area (Å²) in [6, 6.07) is 6.41. The molecule has 2 atom stereocenters. The molecule has 5 nitrogen and oxygen atoms in total. The molecular formula is C15H21FN2O3. The van der Waals surface area contributed by atoms with Gasteiger partial charge in [-0.3, -0.25) is 4.79 Å². The highest BCUT2D eigenvalue weighted by molar-refractivity contribution is 5.78. The molecule has 1 fully saturated rings. The first kappa shape index (κ1) is 15.9. The second-order valence-electron chi connectivity index (χ2n) is 4.89. The van der Waals surface area contributed by atoms with Crippen LogP contribution in [-0.4, -0.2) is 44.4 Å². The molecule has 1 aliphatic heterocycles. The third kappa shape index (κ3) is 4.77. The molecule has 1 saturated heterocycles. The topological polar surface area (TPSA) is 59.6 Å². The Hall–Kier alpha value is -1.50. The van der Waals surface area contributed by atoms with E-state index in [2.05, 4.69) is 10.6 Å². The van der Waals surface area contributed by atoms with Crippen molar-refractivity contribution in [3.8, 4) is 0 Å². The summed E-state index contributed by atoms with van der Waals surface area (Å²) in [4.78, 5) is 11.8. The third-order valence-electron chi connectivity index (χ3n) is 3.37. The van der Waals surface area contributed by atoms with E-state index < -0.39 is 0 Å². The van der Waals surface area contributed by atoms with Crippen molar-refractivity contribution in [1.82, 2.24) is 10.6 Å². The number of ether oxygens (including phenoxy) is 2. The van der Waals surface area contributed by atoms with Crippen LogP contribution in [0.5, 0.6) is 0 Å². The zero-order chi connectivity index (χ0) is 15.1. The van der Waals surface area contributed by atoms with E-state index in [-0.39, 0.29) is 37.0 Å². The number of rotatable bonds is 7. The molecule has 2 rings (SSSR count). The van der Waals surface area contributed by atoms with Gasteiger partial charge in [0.15, 0.2) is 0 Å². The Morgan fingerprint density at radius 1 is 1.43 bits per heavy atom. The quantitative estimate of drug-likeness (QED) is 0.783. The van der Waals surface area contributed by atoms with Gasteiger partial charge in [-0.2, -0.15) is 0 Å². The summed E-state index contributed by atoms with van der Waals surface area (Å²) in [7, 11) is 0. The van der Waals surface area contributed by atoms with E-state index in [4.69, 9.17) is 9.47 Å².